The number of carbonyl (C=O) groups is 4. The van der Waals surface area contributed by atoms with Gasteiger partial charge in [-0.05, 0) is 19.8 Å². The molecule has 1 unspecified atom stereocenters. The highest BCUT2D eigenvalue weighted by molar-refractivity contribution is 5.86. The van der Waals surface area contributed by atoms with E-state index >= 15 is 0 Å². The number of aliphatic carboxylic acids is 1. The first kappa shape index (κ1) is 29.1. The summed E-state index contributed by atoms with van der Waals surface area (Å²) in [5.74, 6) is -2.01. The summed E-state index contributed by atoms with van der Waals surface area (Å²) in [4.78, 5) is 45.7. The number of carboxylic acids is 1. The van der Waals surface area contributed by atoms with E-state index in [0.29, 0.717) is 6.42 Å². The zero-order valence-corrected chi connectivity index (χ0v) is 19.7. The van der Waals surface area contributed by atoms with Gasteiger partial charge in [-0.15, -0.1) is 0 Å². The Hall–Kier alpha value is -1.92. The van der Waals surface area contributed by atoms with E-state index in [4.69, 9.17) is 0 Å². The smallest absolute Gasteiger partial charge is 0.326 e. The number of ketones is 1. The van der Waals surface area contributed by atoms with E-state index in [1.165, 1.54) is 71.1 Å². The van der Waals surface area contributed by atoms with Gasteiger partial charge in [0.2, 0.25) is 11.8 Å². The van der Waals surface area contributed by atoms with Gasteiger partial charge < -0.3 is 15.7 Å². The van der Waals surface area contributed by atoms with Crippen LogP contribution in [0.5, 0.6) is 0 Å². The highest BCUT2D eigenvalue weighted by Gasteiger charge is 2.20. The quantitative estimate of drug-likeness (QED) is 0.227. The zero-order valence-electron chi connectivity index (χ0n) is 19.7. The average Bonchev–Trinajstić information content (AvgIpc) is 2.72. The fraction of sp³-hybridized carbons (Fsp3) is 0.833. The van der Waals surface area contributed by atoms with E-state index in [2.05, 4.69) is 17.6 Å². The molecule has 0 bridgehead atoms. The Morgan fingerprint density at radius 1 is 0.710 bits per heavy atom. The number of rotatable bonds is 21. The maximum absolute atomic E-state index is 12.0. The van der Waals surface area contributed by atoms with Gasteiger partial charge in [-0.25, -0.2) is 4.79 Å². The first-order valence-electron chi connectivity index (χ1n) is 12.1. The molecule has 0 aromatic rings. The summed E-state index contributed by atoms with van der Waals surface area (Å²) >= 11 is 0. The molecule has 2 amide bonds. The maximum atomic E-state index is 12.0. The third kappa shape index (κ3) is 19.8. The van der Waals surface area contributed by atoms with E-state index in [9.17, 15) is 24.3 Å². The largest absolute Gasteiger partial charge is 0.480 e. The second-order valence-corrected chi connectivity index (χ2v) is 8.47. The molecule has 31 heavy (non-hydrogen) atoms. The van der Waals surface area contributed by atoms with Gasteiger partial charge in [0.25, 0.3) is 0 Å². The Labute approximate surface area is 188 Å². The highest BCUT2D eigenvalue weighted by Crippen LogP contribution is 2.13. The number of nitrogens with one attached hydrogen (secondary N) is 2. The molecule has 0 aliphatic carbocycles. The molecule has 1 atom stereocenters. The molecule has 180 valence electrons. The topological polar surface area (TPSA) is 113 Å². The van der Waals surface area contributed by atoms with Crippen LogP contribution in [0.1, 0.15) is 117 Å². The number of Topliss-reactive ketones (excluding diaryl/α,β-unsaturated/α-hetero) is 1. The molecule has 0 aromatic carbocycles. The number of carboxylic acid groups (broad SMARTS) is 1. The lowest BCUT2D eigenvalue weighted by atomic mass is 10.0. The Morgan fingerprint density at radius 3 is 1.65 bits per heavy atom. The van der Waals surface area contributed by atoms with E-state index in [1.54, 1.807) is 0 Å². The molecule has 7 nitrogen and oxygen atoms in total. The molecule has 0 aliphatic heterocycles. The molecule has 3 N–H and O–H groups in total. The van der Waals surface area contributed by atoms with Crippen LogP contribution in [0, 0.1) is 0 Å². The SMILES string of the molecule is CCCCCCCCCCCCCCCC(=O)NC(CCC(=O)NCC(C)=O)C(=O)O. The van der Waals surface area contributed by atoms with Crippen molar-refractivity contribution < 1.29 is 24.3 Å². The van der Waals surface area contributed by atoms with Crippen molar-refractivity contribution in [2.45, 2.75) is 123 Å². The fourth-order valence-corrected chi connectivity index (χ4v) is 3.41. The lowest BCUT2D eigenvalue weighted by Gasteiger charge is -2.14. The Bertz CT molecular complexity index is 522. The second-order valence-electron chi connectivity index (χ2n) is 8.47. The first-order valence-corrected chi connectivity index (χ1v) is 12.1. The molecule has 0 saturated carbocycles. The molecule has 0 radical (unpaired) electrons. The van der Waals surface area contributed by atoms with E-state index in [-0.39, 0.29) is 31.1 Å². The lowest BCUT2D eigenvalue weighted by molar-refractivity contribution is -0.142. The average molecular weight is 441 g/mol. The van der Waals surface area contributed by atoms with Gasteiger partial charge in [0.05, 0.1) is 6.54 Å². The van der Waals surface area contributed by atoms with Crippen LogP contribution in [0.4, 0.5) is 0 Å². The molecule has 0 fully saturated rings. The predicted molar refractivity (Wildman–Crippen MR) is 123 cm³/mol. The van der Waals surface area contributed by atoms with E-state index in [0.717, 1.165) is 19.3 Å². The number of amides is 2. The molecule has 0 rings (SSSR count). The zero-order chi connectivity index (χ0) is 23.3. The third-order valence-corrected chi connectivity index (χ3v) is 5.34. The summed E-state index contributed by atoms with van der Waals surface area (Å²) in [6.07, 6.45) is 16.2. The summed E-state index contributed by atoms with van der Waals surface area (Å²) in [7, 11) is 0. The van der Waals surface area contributed by atoms with Crippen molar-refractivity contribution in [1.29, 1.82) is 0 Å². The summed E-state index contributed by atoms with van der Waals surface area (Å²) in [5.41, 5.74) is 0. The van der Waals surface area contributed by atoms with Gasteiger partial charge in [0.15, 0.2) is 0 Å². The van der Waals surface area contributed by atoms with Crippen LogP contribution in [-0.2, 0) is 19.2 Å². The van der Waals surface area contributed by atoms with Crippen molar-refractivity contribution in [3.05, 3.63) is 0 Å². The third-order valence-electron chi connectivity index (χ3n) is 5.34. The van der Waals surface area contributed by atoms with Crippen LogP contribution in [0.2, 0.25) is 0 Å². The minimum Gasteiger partial charge on any atom is -0.480 e. The van der Waals surface area contributed by atoms with Crippen molar-refractivity contribution in [3.8, 4) is 0 Å². The molecule has 0 aromatic heterocycles. The van der Waals surface area contributed by atoms with Crippen molar-refractivity contribution in [1.82, 2.24) is 10.6 Å². The minimum atomic E-state index is -1.15. The van der Waals surface area contributed by atoms with Crippen molar-refractivity contribution in [2.24, 2.45) is 0 Å². The fourth-order valence-electron chi connectivity index (χ4n) is 3.41. The molecule has 0 saturated heterocycles. The standard InChI is InChI=1S/C24H44N2O5/c1-3-4-5-6-7-8-9-10-11-12-13-14-15-16-23(29)26-21(24(30)31)17-18-22(28)25-19-20(2)27/h21H,3-19H2,1-2H3,(H,25,28)(H,26,29)(H,30,31). The summed E-state index contributed by atoms with van der Waals surface area (Å²) in [6, 6.07) is -1.09. The molecule has 7 heteroatoms. The lowest BCUT2D eigenvalue weighted by Crippen LogP contribution is -2.41. The monoisotopic (exact) mass is 440 g/mol. The van der Waals surface area contributed by atoms with Crippen LogP contribution in [0.15, 0.2) is 0 Å². The van der Waals surface area contributed by atoms with Crippen molar-refractivity contribution in [3.63, 3.8) is 0 Å². The van der Waals surface area contributed by atoms with Gasteiger partial charge in [-0.2, -0.15) is 0 Å². The minimum absolute atomic E-state index is 0.00339. The van der Waals surface area contributed by atoms with Crippen molar-refractivity contribution in [2.75, 3.05) is 6.54 Å². The summed E-state index contributed by atoms with van der Waals surface area (Å²) in [5, 5.41) is 14.1. The molecule has 0 aliphatic rings. The number of carbonyl (C=O) groups excluding carboxylic acids is 3. The second kappa shape index (κ2) is 20.0. The number of unbranched alkanes of at least 4 members (excludes halogenated alkanes) is 12. The molecular weight excluding hydrogens is 396 g/mol. The number of hydrogen-bond donors (Lipinski definition) is 3. The molecule has 0 heterocycles. The van der Waals surface area contributed by atoms with Crippen LogP contribution >= 0.6 is 0 Å². The van der Waals surface area contributed by atoms with Crippen LogP contribution in [0.25, 0.3) is 0 Å². The number of hydrogen-bond acceptors (Lipinski definition) is 4. The normalized spacial score (nSPS) is 11.7. The van der Waals surface area contributed by atoms with E-state index in [1.807, 2.05) is 0 Å². The van der Waals surface area contributed by atoms with Crippen LogP contribution in [-0.4, -0.2) is 41.3 Å². The summed E-state index contributed by atoms with van der Waals surface area (Å²) < 4.78 is 0. The Morgan fingerprint density at radius 2 is 1.19 bits per heavy atom. The van der Waals surface area contributed by atoms with Gasteiger partial charge in [0.1, 0.15) is 11.8 Å². The Kier molecular flexibility index (Phi) is 18.8. The van der Waals surface area contributed by atoms with Gasteiger partial charge >= 0.3 is 5.97 Å². The highest BCUT2D eigenvalue weighted by atomic mass is 16.4. The van der Waals surface area contributed by atoms with Crippen molar-refractivity contribution >= 4 is 23.6 Å². The summed E-state index contributed by atoms with van der Waals surface area (Å²) in [6.45, 7) is 3.53. The maximum Gasteiger partial charge on any atom is 0.326 e. The molecule has 0 spiro atoms. The first-order chi connectivity index (χ1) is 14.9. The van der Waals surface area contributed by atoms with Gasteiger partial charge in [-0.1, -0.05) is 84.0 Å². The Balaban J connectivity index is 3.71. The van der Waals surface area contributed by atoms with Gasteiger partial charge in [-0.3, -0.25) is 14.4 Å². The van der Waals surface area contributed by atoms with Crippen LogP contribution in [0.3, 0.4) is 0 Å². The van der Waals surface area contributed by atoms with Gasteiger partial charge in [0, 0.05) is 12.8 Å². The van der Waals surface area contributed by atoms with E-state index < -0.39 is 17.9 Å². The predicted octanol–water partition coefficient (Wildman–Crippen LogP) is 4.52. The molecular formula is C24H44N2O5. The van der Waals surface area contributed by atoms with Crippen LogP contribution < -0.4 is 10.6 Å².